The van der Waals surface area contributed by atoms with Crippen molar-refractivity contribution < 1.29 is 4.79 Å². The first-order valence-electron chi connectivity index (χ1n) is 5.49. The van der Waals surface area contributed by atoms with Gasteiger partial charge >= 0.3 is 0 Å². The third-order valence-corrected chi connectivity index (χ3v) is 4.12. The quantitative estimate of drug-likeness (QED) is 0.643. The molecule has 0 aliphatic carbocycles. The van der Waals surface area contributed by atoms with Gasteiger partial charge in [-0.15, -0.1) is 0 Å². The van der Waals surface area contributed by atoms with Crippen molar-refractivity contribution >= 4 is 59.4 Å². The van der Waals surface area contributed by atoms with Crippen molar-refractivity contribution in [2.45, 2.75) is 6.92 Å². The van der Waals surface area contributed by atoms with Gasteiger partial charge in [-0.05, 0) is 64.8 Å². The van der Waals surface area contributed by atoms with Crippen LogP contribution in [0.2, 0.25) is 0 Å². The van der Waals surface area contributed by atoms with Crippen LogP contribution >= 0.6 is 47.8 Å². The molecule has 0 fully saturated rings. The molecule has 0 aromatic heterocycles. The van der Waals surface area contributed by atoms with Crippen LogP contribution in [0, 0.1) is 6.92 Å². The van der Waals surface area contributed by atoms with Crippen molar-refractivity contribution in [3.8, 4) is 0 Å². The van der Waals surface area contributed by atoms with E-state index in [0.29, 0.717) is 5.56 Å². The number of rotatable bonds is 2. The lowest BCUT2D eigenvalue weighted by Gasteiger charge is -2.09. The van der Waals surface area contributed by atoms with E-state index in [-0.39, 0.29) is 5.91 Å². The molecule has 2 aromatic rings. The van der Waals surface area contributed by atoms with E-state index in [1.165, 1.54) is 0 Å². The van der Waals surface area contributed by atoms with Crippen LogP contribution in [-0.2, 0) is 0 Å². The lowest BCUT2D eigenvalue weighted by atomic mass is 10.2. The summed E-state index contributed by atoms with van der Waals surface area (Å²) in [4.78, 5) is 12.2. The van der Waals surface area contributed by atoms with Gasteiger partial charge in [0.1, 0.15) is 0 Å². The van der Waals surface area contributed by atoms with Crippen molar-refractivity contribution in [3.05, 3.63) is 60.9 Å². The highest BCUT2D eigenvalue weighted by molar-refractivity contribution is 9.11. The van der Waals surface area contributed by atoms with Gasteiger partial charge in [-0.1, -0.05) is 31.9 Å². The Morgan fingerprint density at radius 1 is 1.00 bits per heavy atom. The molecule has 0 heterocycles. The van der Waals surface area contributed by atoms with Gasteiger partial charge in [0.2, 0.25) is 0 Å². The van der Waals surface area contributed by atoms with Crippen LogP contribution in [0.4, 0.5) is 5.69 Å². The fourth-order valence-corrected chi connectivity index (χ4v) is 3.07. The van der Waals surface area contributed by atoms with Gasteiger partial charge in [0.25, 0.3) is 5.91 Å². The maximum Gasteiger partial charge on any atom is 0.256 e. The summed E-state index contributed by atoms with van der Waals surface area (Å²) in [5.74, 6) is -0.148. The molecular weight excluding hydrogens is 438 g/mol. The number of hydrogen-bond acceptors (Lipinski definition) is 1. The molecule has 2 nitrogen and oxygen atoms in total. The molecule has 2 rings (SSSR count). The molecule has 0 unspecified atom stereocenters. The molecule has 2 aromatic carbocycles. The van der Waals surface area contributed by atoms with E-state index in [1.54, 1.807) is 6.07 Å². The standard InChI is InChI=1S/C14H10Br3NO/c1-8-4-10(16)6-11(5-8)18-14(19)12-7-9(15)2-3-13(12)17/h2-7H,1H3,(H,18,19). The zero-order valence-corrected chi connectivity index (χ0v) is 14.8. The zero-order valence-electron chi connectivity index (χ0n) is 10.0. The van der Waals surface area contributed by atoms with E-state index in [1.807, 2.05) is 37.3 Å². The summed E-state index contributed by atoms with van der Waals surface area (Å²) in [5, 5.41) is 2.89. The molecule has 0 aliphatic heterocycles. The molecule has 19 heavy (non-hydrogen) atoms. The van der Waals surface area contributed by atoms with Gasteiger partial charge in [-0.25, -0.2) is 0 Å². The Hall–Kier alpha value is -0.650. The Labute approximate surface area is 137 Å². The molecule has 0 aliphatic rings. The highest BCUT2D eigenvalue weighted by atomic mass is 79.9. The van der Waals surface area contributed by atoms with Crippen LogP contribution in [0.3, 0.4) is 0 Å². The predicted octanol–water partition coefficient (Wildman–Crippen LogP) is 5.53. The second-order valence-corrected chi connectivity index (χ2v) is 6.78. The molecule has 1 amide bonds. The Morgan fingerprint density at radius 3 is 2.42 bits per heavy atom. The van der Waals surface area contributed by atoms with Crippen molar-refractivity contribution in [2.75, 3.05) is 5.32 Å². The molecule has 0 bridgehead atoms. The summed E-state index contributed by atoms with van der Waals surface area (Å²) in [6.07, 6.45) is 0. The van der Waals surface area contributed by atoms with E-state index >= 15 is 0 Å². The molecular formula is C14H10Br3NO. The van der Waals surface area contributed by atoms with Crippen LogP contribution < -0.4 is 5.32 Å². The number of halogens is 3. The summed E-state index contributed by atoms with van der Waals surface area (Å²) in [6, 6.07) is 11.3. The van der Waals surface area contributed by atoms with E-state index < -0.39 is 0 Å². The number of anilines is 1. The first-order chi connectivity index (χ1) is 8.95. The number of nitrogens with one attached hydrogen (secondary N) is 1. The zero-order chi connectivity index (χ0) is 14.0. The second-order valence-electron chi connectivity index (χ2n) is 4.10. The number of benzene rings is 2. The number of aryl methyl sites for hydroxylation is 1. The van der Waals surface area contributed by atoms with Crippen molar-refractivity contribution in [1.82, 2.24) is 0 Å². The number of carbonyl (C=O) groups excluding carboxylic acids is 1. The molecule has 0 saturated heterocycles. The molecule has 0 radical (unpaired) electrons. The van der Waals surface area contributed by atoms with Gasteiger partial charge in [0, 0.05) is 19.1 Å². The maximum atomic E-state index is 12.2. The second kappa shape index (κ2) is 6.20. The van der Waals surface area contributed by atoms with E-state index in [4.69, 9.17) is 0 Å². The fraction of sp³-hybridized carbons (Fsp3) is 0.0714. The number of hydrogen-bond donors (Lipinski definition) is 1. The lowest BCUT2D eigenvalue weighted by molar-refractivity contribution is 0.102. The van der Waals surface area contributed by atoms with Gasteiger partial charge in [-0.2, -0.15) is 0 Å². The minimum absolute atomic E-state index is 0.148. The topological polar surface area (TPSA) is 29.1 Å². The third-order valence-electron chi connectivity index (χ3n) is 2.47. The SMILES string of the molecule is Cc1cc(Br)cc(NC(=O)c2cc(Br)ccc2Br)c1. The molecule has 5 heteroatoms. The van der Waals surface area contributed by atoms with Crippen LogP contribution in [0.25, 0.3) is 0 Å². The normalized spacial score (nSPS) is 10.3. The van der Waals surface area contributed by atoms with Crippen molar-refractivity contribution in [3.63, 3.8) is 0 Å². The van der Waals surface area contributed by atoms with Gasteiger partial charge in [0.05, 0.1) is 5.56 Å². The summed E-state index contributed by atoms with van der Waals surface area (Å²) in [5.41, 5.74) is 2.44. The van der Waals surface area contributed by atoms with Gasteiger partial charge in [0.15, 0.2) is 0 Å². The molecule has 1 N–H and O–H groups in total. The largest absolute Gasteiger partial charge is 0.322 e. The first kappa shape index (κ1) is 14.8. The van der Waals surface area contributed by atoms with Crippen molar-refractivity contribution in [1.29, 1.82) is 0 Å². The summed E-state index contributed by atoms with van der Waals surface area (Å²) >= 11 is 10.2. The molecule has 98 valence electrons. The average molecular weight is 448 g/mol. The smallest absolute Gasteiger partial charge is 0.256 e. The van der Waals surface area contributed by atoms with Crippen molar-refractivity contribution in [2.24, 2.45) is 0 Å². The van der Waals surface area contributed by atoms with E-state index in [2.05, 4.69) is 53.1 Å². The Bertz CT molecular complexity index is 620. The minimum Gasteiger partial charge on any atom is -0.322 e. The molecule has 0 spiro atoms. The van der Waals surface area contributed by atoms with Gasteiger partial charge in [-0.3, -0.25) is 4.79 Å². The first-order valence-corrected chi connectivity index (χ1v) is 7.87. The Morgan fingerprint density at radius 2 is 1.74 bits per heavy atom. The summed E-state index contributed by atoms with van der Waals surface area (Å²) < 4.78 is 2.57. The van der Waals surface area contributed by atoms with Gasteiger partial charge < -0.3 is 5.32 Å². The van der Waals surface area contributed by atoms with Crippen LogP contribution in [0.5, 0.6) is 0 Å². The summed E-state index contributed by atoms with van der Waals surface area (Å²) in [7, 11) is 0. The van der Waals surface area contributed by atoms with Crippen LogP contribution in [0.15, 0.2) is 49.8 Å². The van der Waals surface area contributed by atoms with E-state index in [0.717, 1.165) is 24.7 Å². The third kappa shape index (κ3) is 3.91. The monoisotopic (exact) mass is 445 g/mol. The van der Waals surface area contributed by atoms with E-state index in [9.17, 15) is 4.79 Å². The lowest BCUT2D eigenvalue weighted by Crippen LogP contribution is -2.12. The maximum absolute atomic E-state index is 12.2. The predicted molar refractivity (Wildman–Crippen MR) is 88.7 cm³/mol. The number of amides is 1. The minimum atomic E-state index is -0.148. The highest BCUT2D eigenvalue weighted by Crippen LogP contribution is 2.24. The Balaban J connectivity index is 2.28. The average Bonchev–Trinajstić information content (AvgIpc) is 2.30. The number of carbonyl (C=O) groups is 1. The molecule has 0 atom stereocenters. The fourth-order valence-electron chi connectivity index (χ4n) is 1.68. The highest BCUT2D eigenvalue weighted by Gasteiger charge is 2.11. The van der Waals surface area contributed by atoms with Crippen LogP contribution in [-0.4, -0.2) is 5.91 Å². The molecule has 0 saturated carbocycles. The summed E-state index contributed by atoms with van der Waals surface area (Å²) in [6.45, 7) is 1.98. The van der Waals surface area contributed by atoms with Crippen LogP contribution in [0.1, 0.15) is 15.9 Å². The Kier molecular flexibility index (Phi) is 4.81.